The number of carbonyl (C=O) groups is 1. The van der Waals surface area contributed by atoms with Gasteiger partial charge in [-0.2, -0.15) is 0 Å². The number of nitrogens with zero attached hydrogens (tertiary/aromatic N) is 2. The molecule has 0 aromatic carbocycles. The maximum atomic E-state index is 12.0. The van der Waals surface area contributed by atoms with Crippen molar-refractivity contribution < 1.29 is 4.79 Å². The number of amides is 1. The molecule has 0 spiro atoms. The molecule has 0 radical (unpaired) electrons. The summed E-state index contributed by atoms with van der Waals surface area (Å²) in [5.74, 6) is 1.06. The molecule has 112 valence electrons. The van der Waals surface area contributed by atoms with Gasteiger partial charge in [-0.3, -0.25) is 9.69 Å². The highest BCUT2D eigenvalue weighted by Gasteiger charge is 2.20. The van der Waals surface area contributed by atoms with Crippen molar-refractivity contribution in [1.29, 1.82) is 0 Å². The highest BCUT2D eigenvalue weighted by molar-refractivity contribution is 5.76. The van der Waals surface area contributed by atoms with Crippen LogP contribution in [0, 0.1) is 5.92 Å². The van der Waals surface area contributed by atoms with E-state index in [1.54, 1.807) is 0 Å². The highest BCUT2D eigenvalue weighted by Crippen LogP contribution is 2.09. The zero-order chi connectivity index (χ0) is 14.1. The second-order valence-corrected chi connectivity index (χ2v) is 6.03. The fraction of sp³-hybridized carbons (Fsp3) is 0.933. The molecule has 0 unspecified atom stereocenters. The van der Waals surface area contributed by atoms with Gasteiger partial charge in [0.25, 0.3) is 0 Å². The molecule has 0 bridgehead atoms. The zero-order valence-corrected chi connectivity index (χ0v) is 12.7. The molecule has 0 aliphatic carbocycles. The first-order chi connectivity index (χ1) is 9.13. The Morgan fingerprint density at radius 1 is 1.05 bits per heavy atom. The molecule has 0 aromatic heterocycles. The van der Waals surface area contributed by atoms with Crippen LogP contribution in [0.1, 0.15) is 46.0 Å². The molecule has 1 rings (SSSR count). The second-order valence-electron chi connectivity index (χ2n) is 6.03. The Hall–Kier alpha value is -0.610. The van der Waals surface area contributed by atoms with Gasteiger partial charge in [-0.25, -0.2) is 0 Å². The number of nitrogens with two attached hydrogens (primary N) is 1. The van der Waals surface area contributed by atoms with Gasteiger partial charge in [0, 0.05) is 39.1 Å². The smallest absolute Gasteiger partial charge is 0.222 e. The summed E-state index contributed by atoms with van der Waals surface area (Å²) in [5.41, 5.74) is 5.45. The van der Waals surface area contributed by atoms with Crippen LogP contribution in [-0.4, -0.2) is 55.0 Å². The van der Waals surface area contributed by atoms with Crippen LogP contribution in [0.5, 0.6) is 0 Å². The summed E-state index contributed by atoms with van der Waals surface area (Å²) in [6.45, 7) is 10.3. The fourth-order valence-electron chi connectivity index (χ4n) is 2.63. The lowest BCUT2D eigenvalue weighted by Crippen LogP contribution is -2.49. The molecule has 1 amide bonds. The zero-order valence-electron chi connectivity index (χ0n) is 12.7. The van der Waals surface area contributed by atoms with E-state index < -0.39 is 0 Å². The van der Waals surface area contributed by atoms with Crippen molar-refractivity contribution in [3.8, 4) is 0 Å². The van der Waals surface area contributed by atoms with E-state index in [9.17, 15) is 4.79 Å². The molecular weight excluding hydrogens is 238 g/mol. The monoisotopic (exact) mass is 269 g/mol. The van der Waals surface area contributed by atoms with Crippen LogP contribution in [0.4, 0.5) is 0 Å². The molecule has 1 aliphatic rings. The summed E-state index contributed by atoms with van der Waals surface area (Å²) in [6, 6.07) is 0. The van der Waals surface area contributed by atoms with Gasteiger partial charge in [0.1, 0.15) is 0 Å². The minimum Gasteiger partial charge on any atom is -0.340 e. The Kier molecular flexibility index (Phi) is 8.07. The van der Waals surface area contributed by atoms with Crippen LogP contribution in [0.2, 0.25) is 0 Å². The summed E-state index contributed by atoms with van der Waals surface area (Å²) in [4.78, 5) is 16.6. The lowest BCUT2D eigenvalue weighted by Gasteiger charge is -2.35. The van der Waals surface area contributed by atoms with Crippen molar-refractivity contribution in [1.82, 2.24) is 9.80 Å². The van der Waals surface area contributed by atoms with E-state index in [0.717, 1.165) is 71.4 Å². The van der Waals surface area contributed by atoms with E-state index in [1.807, 2.05) is 4.90 Å². The minimum atomic E-state index is 0.344. The van der Waals surface area contributed by atoms with E-state index in [-0.39, 0.29) is 0 Å². The number of hydrogen-bond donors (Lipinski definition) is 1. The van der Waals surface area contributed by atoms with E-state index in [2.05, 4.69) is 18.7 Å². The average Bonchev–Trinajstić information content (AvgIpc) is 2.38. The predicted octanol–water partition coefficient (Wildman–Crippen LogP) is 1.70. The summed E-state index contributed by atoms with van der Waals surface area (Å²) in [5, 5.41) is 0. The molecule has 1 fully saturated rings. The molecule has 0 aromatic rings. The number of piperazine rings is 1. The summed E-state index contributed by atoms with van der Waals surface area (Å²) in [7, 11) is 0. The minimum absolute atomic E-state index is 0.344. The van der Waals surface area contributed by atoms with Gasteiger partial charge in [-0.15, -0.1) is 0 Å². The molecule has 4 heteroatoms. The van der Waals surface area contributed by atoms with Crippen molar-refractivity contribution in [2.75, 3.05) is 39.3 Å². The summed E-state index contributed by atoms with van der Waals surface area (Å²) in [6.07, 6.45) is 5.12. The molecule has 19 heavy (non-hydrogen) atoms. The molecule has 0 saturated carbocycles. The van der Waals surface area contributed by atoms with Crippen LogP contribution in [0.15, 0.2) is 0 Å². The molecule has 0 atom stereocenters. The average molecular weight is 269 g/mol. The Bertz CT molecular complexity index is 248. The molecule has 1 heterocycles. The van der Waals surface area contributed by atoms with Gasteiger partial charge in [0.2, 0.25) is 5.91 Å². The van der Waals surface area contributed by atoms with Crippen LogP contribution in [0.25, 0.3) is 0 Å². The van der Waals surface area contributed by atoms with Gasteiger partial charge in [-0.05, 0) is 25.3 Å². The number of carbonyl (C=O) groups excluding carboxylic acids is 1. The van der Waals surface area contributed by atoms with Gasteiger partial charge < -0.3 is 10.6 Å². The van der Waals surface area contributed by atoms with Crippen molar-refractivity contribution in [3.63, 3.8) is 0 Å². The van der Waals surface area contributed by atoms with E-state index >= 15 is 0 Å². The molecule has 1 aliphatic heterocycles. The van der Waals surface area contributed by atoms with Crippen molar-refractivity contribution in [3.05, 3.63) is 0 Å². The molecular formula is C15H31N3O. The first-order valence-corrected chi connectivity index (χ1v) is 7.83. The molecule has 4 nitrogen and oxygen atoms in total. The number of hydrogen-bond acceptors (Lipinski definition) is 3. The Balaban J connectivity index is 2.11. The van der Waals surface area contributed by atoms with Crippen molar-refractivity contribution in [2.24, 2.45) is 11.7 Å². The van der Waals surface area contributed by atoms with Crippen LogP contribution in [0.3, 0.4) is 0 Å². The van der Waals surface area contributed by atoms with E-state index in [4.69, 9.17) is 5.73 Å². The van der Waals surface area contributed by atoms with Crippen LogP contribution < -0.4 is 5.73 Å². The third-order valence-corrected chi connectivity index (χ3v) is 3.69. The molecule has 1 saturated heterocycles. The standard InChI is InChI=1S/C15H31N3O/c1-14(2)13-17-9-11-18(12-10-17)15(19)7-5-3-4-6-8-16/h14H,3-13,16H2,1-2H3. The predicted molar refractivity (Wildman–Crippen MR) is 80.0 cm³/mol. The summed E-state index contributed by atoms with van der Waals surface area (Å²) >= 11 is 0. The van der Waals surface area contributed by atoms with Gasteiger partial charge >= 0.3 is 0 Å². The van der Waals surface area contributed by atoms with Gasteiger partial charge in [0.15, 0.2) is 0 Å². The quantitative estimate of drug-likeness (QED) is 0.682. The second kappa shape index (κ2) is 9.32. The van der Waals surface area contributed by atoms with Gasteiger partial charge in [-0.1, -0.05) is 26.7 Å². The molecule has 2 N–H and O–H groups in total. The van der Waals surface area contributed by atoms with E-state index in [1.165, 1.54) is 0 Å². The number of rotatable bonds is 8. The van der Waals surface area contributed by atoms with Crippen molar-refractivity contribution >= 4 is 5.91 Å². The lowest BCUT2D eigenvalue weighted by atomic mass is 10.1. The highest BCUT2D eigenvalue weighted by atomic mass is 16.2. The number of unbranched alkanes of at least 4 members (excludes halogenated alkanes) is 3. The van der Waals surface area contributed by atoms with Crippen molar-refractivity contribution in [2.45, 2.75) is 46.0 Å². The SMILES string of the molecule is CC(C)CN1CCN(C(=O)CCCCCCN)CC1. The summed E-state index contributed by atoms with van der Waals surface area (Å²) < 4.78 is 0. The first kappa shape index (κ1) is 16.4. The Labute approximate surface area is 118 Å². The lowest BCUT2D eigenvalue weighted by molar-refractivity contribution is -0.133. The Morgan fingerprint density at radius 2 is 1.68 bits per heavy atom. The van der Waals surface area contributed by atoms with Crippen LogP contribution in [-0.2, 0) is 4.79 Å². The third-order valence-electron chi connectivity index (χ3n) is 3.69. The van der Waals surface area contributed by atoms with Crippen LogP contribution >= 0.6 is 0 Å². The normalized spacial score (nSPS) is 17.2. The topological polar surface area (TPSA) is 49.6 Å². The fourth-order valence-corrected chi connectivity index (χ4v) is 2.63. The third kappa shape index (κ3) is 6.92. The largest absolute Gasteiger partial charge is 0.340 e. The van der Waals surface area contributed by atoms with Gasteiger partial charge in [0.05, 0.1) is 0 Å². The van der Waals surface area contributed by atoms with E-state index in [0.29, 0.717) is 11.8 Å². The maximum absolute atomic E-state index is 12.0. The first-order valence-electron chi connectivity index (χ1n) is 7.83. The maximum Gasteiger partial charge on any atom is 0.222 e. The Morgan fingerprint density at radius 3 is 2.26 bits per heavy atom.